The molecule has 0 aromatic heterocycles. The van der Waals surface area contributed by atoms with Gasteiger partial charge in [-0.25, -0.2) is 0 Å². The summed E-state index contributed by atoms with van der Waals surface area (Å²) in [5.74, 6) is 2.30. The molecule has 2 aliphatic carbocycles. The van der Waals surface area contributed by atoms with Crippen LogP contribution in [0.4, 0.5) is 0 Å². The average Bonchev–Trinajstić information content (AvgIpc) is 2.90. The Balaban J connectivity index is 1.81. The Morgan fingerprint density at radius 1 is 1.47 bits per heavy atom. The van der Waals surface area contributed by atoms with E-state index in [0.29, 0.717) is 5.92 Å². The van der Waals surface area contributed by atoms with E-state index in [-0.39, 0.29) is 18.2 Å². The van der Waals surface area contributed by atoms with Crippen LogP contribution in [0.1, 0.15) is 32.1 Å². The Labute approximate surface area is 102 Å². The zero-order valence-electron chi connectivity index (χ0n) is 10.3. The minimum atomic E-state index is -0.0666. The monoisotopic (exact) mass is 239 g/mol. The van der Waals surface area contributed by atoms with Crippen LogP contribution in [0.25, 0.3) is 0 Å². The van der Waals surface area contributed by atoms with Gasteiger partial charge in [-0.3, -0.25) is 4.79 Å². The first-order chi connectivity index (χ1) is 8.10. The van der Waals surface area contributed by atoms with Gasteiger partial charge in [0.25, 0.3) is 0 Å². The number of oxime groups is 1. The molecule has 2 saturated carbocycles. The van der Waals surface area contributed by atoms with E-state index in [0.717, 1.165) is 18.4 Å². The Morgan fingerprint density at radius 3 is 2.76 bits per heavy atom. The number of hydrogen-bond acceptors (Lipinski definition) is 3. The third-order valence-electron chi connectivity index (χ3n) is 4.28. The fourth-order valence-corrected chi connectivity index (χ4v) is 3.38. The quantitative estimate of drug-likeness (QED) is 0.333. The molecule has 2 rings (SSSR count). The number of amidine groups is 1. The maximum Gasteiger partial charge on any atom is 0.230 e. The molecule has 5 nitrogen and oxygen atoms in total. The molecule has 5 heteroatoms. The van der Waals surface area contributed by atoms with Gasteiger partial charge in [0.2, 0.25) is 5.91 Å². The topological polar surface area (TPSA) is 78.9 Å². The summed E-state index contributed by atoms with van der Waals surface area (Å²) < 4.78 is 0. The van der Waals surface area contributed by atoms with Crippen molar-refractivity contribution in [2.75, 3.05) is 13.6 Å². The summed E-state index contributed by atoms with van der Waals surface area (Å²) in [6.45, 7) is 0.818. The molecule has 0 aromatic carbocycles. The summed E-state index contributed by atoms with van der Waals surface area (Å²) in [6, 6.07) is 0. The van der Waals surface area contributed by atoms with Crippen LogP contribution in [0.15, 0.2) is 5.16 Å². The summed E-state index contributed by atoms with van der Waals surface area (Å²) in [6.07, 6.45) is 5.34. The molecule has 96 valence electrons. The van der Waals surface area contributed by atoms with E-state index < -0.39 is 0 Å². The molecule has 1 amide bonds. The third-order valence-corrected chi connectivity index (χ3v) is 4.28. The van der Waals surface area contributed by atoms with E-state index in [2.05, 4.69) is 5.16 Å². The van der Waals surface area contributed by atoms with Crippen molar-refractivity contribution < 1.29 is 10.0 Å². The zero-order chi connectivity index (χ0) is 12.4. The molecule has 0 radical (unpaired) electrons. The highest BCUT2D eigenvalue weighted by Gasteiger charge is 2.40. The normalized spacial score (nSPS) is 31.8. The SMILES string of the molecule is CN(CC1CC2CCC1C2)C(=O)CC(N)=NO. The second-order valence-corrected chi connectivity index (χ2v) is 5.48. The first-order valence-electron chi connectivity index (χ1n) is 6.30. The molecule has 0 spiro atoms. The number of rotatable bonds is 4. The lowest BCUT2D eigenvalue weighted by molar-refractivity contribution is -0.129. The van der Waals surface area contributed by atoms with Crippen LogP contribution < -0.4 is 5.73 Å². The molecule has 0 saturated heterocycles. The minimum absolute atomic E-state index is 0.00775. The summed E-state index contributed by atoms with van der Waals surface area (Å²) in [5.41, 5.74) is 5.33. The van der Waals surface area contributed by atoms with Crippen molar-refractivity contribution in [3.8, 4) is 0 Å². The average molecular weight is 239 g/mol. The molecule has 2 bridgehead atoms. The molecule has 17 heavy (non-hydrogen) atoms. The van der Waals surface area contributed by atoms with E-state index in [1.54, 1.807) is 11.9 Å². The second-order valence-electron chi connectivity index (χ2n) is 5.48. The van der Waals surface area contributed by atoms with Gasteiger partial charge in [-0.1, -0.05) is 11.6 Å². The van der Waals surface area contributed by atoms with Crippen molar-refractivity contribution in [2.24, 2.45) is 28.6 Å². The molecule has 2 fully saturated rings. The van der Waals surface area contributed by atoms with E-state index in [1.807, 2.05) is 0 Å². The van der Waals surface area contributed by atoms with Gasteiger partial charge in [0.15, 0.2) is 0 Å². The molecular weight excluding hydrogens is 218 g/mol. The van der Waals surface area contributed by atoms with Crippen molar-refractivity contribution in [3.05, 3.63) is 0 Å². The second kappa shape index (κ2) is 4.94. The van der Waals surface area contributed by atoms with Gasteiger partial charge >= 0.3 is 0 Å². The van der Waals surface area contributed by atoms with E-state index in [4.69, 9.17) is 10.9 Å². The lowest BCUT2D eigenvalue weighted by Gasteiger charge is -2.27. The standard InChI is InChI=1S/C12H21N3O2/c1-15(12(16)6-11(13)14-17)7-10-5-8-2-3-9(10)4-8/h8-10,17H,2-7H2,1H3,(H2,13,14). The van der Waals surface area contributed by atoms with Gasteiger partial charge in [-0.05, 0) is 37.0 Å². The van der Waals surface area contributed by atoms with Gasteiger partial charge in [0.05, 0.1) is 6.42 Å². The van der Waals surface area contributed by atoms with Crippen LogP contribution in [0.3, 0.4) is 0 Å². The first kappa shape index (κ1) is 12.2. The Bertz CT molecular complexity index is 330. The number of amides is 1. The number of hydrogen-bond donors (Lipinski definition) is 2. The van der Waals surface area contributed by atoms with Gasteiger partial charge in [-0.2, -0.15) is 0 Å². The zero-order valence-corrected chi connectivity index (χ0v) is 10.3. The summed E-state index contributed by atoms with van der Waals surface area (Å²) in [7, 11) is 1.80. The highest BCUT2D eigenvalue weighted by molar-refractivity contribution is 5.98. The molecule has 0 heterocycles. The number of fused-ring (bicyclic) bond motifs is 2. The Morgan fingerprint density at radius 2 is 2.24 bits per heavy atom. The van der Waals surface area contributed by atoms with Crippen LogP contribution in [0.2, 0.25) is 0 Å². The van der Waals surface area contributed by atoms with Crippen molar-refractivity contribution in [1.82, 2.24) is 4.90 Å². The summed E-state index contributed by atoms with van der Waals surface area (Å²) >= 11 is 0. The van der Waals surface area contributed by atoms with E-state index >= 15 is 0 Å². The van der Waals surface area contributed by atoms with Gasteiger partial charge in [0, 0.05) is 13.6 Å². The van der Waals surface area contributed by atoms with Crippen molar-refractivity contribution in [1.29, 1.82) is 0 Å². The Kier molecular flexibility index (Phi) is 3.54. The molecule has 3 unspecified atom stereocenters. The fourth-order valence-electron chi connectivity index (χ4n) is 3.38. The maximum absolute atomic E-state index is 11.8. The van der Waals surface area contributed by atoms with Crippen molar-refractivity contribution >= 4 is 11.7 Å². The largest absolute Gasteiger partial charge is 0.409 e. The summed E-state index contributed by atoms with van der Waals surface area (Å²) in [5, 5.41) is 11.3. The molecule has 2 aliphatic rings. The predicted molar refractivity (Wildman–Crippen MR) is 64.6 cm³/mol. The maximum atomic E-state index is 11.8. The van der Waals surface area contributed by atoms with Gasteiger partial charge in [0.1, 0.15) is 5.84 Å². The highest BCUT2D eigenvalue weighted by Crippen LogP contribution is 2.48. The summed E-state index contributed by atoms with van der Waals surface area (Å²) in [4.78, 5) is 13.5. The van der Waals surface area contributed by atoms with Gasteiger partial charge in [-0.15, -0.1) is 0 Å². The van der Waals surface area contributed by atoms with Crippen molar-refractivity contribution in [3.63, 3.8) is 0 Å². The predicted octanol–water partition coefficient (Wildman–Crippen LogP) is 1.02. The number of nitrogens with two attached hydrogens (primary N) is 1. The molecular formula is C12H21N3O2. The molecule has 3 atom stereocenters. The van der Waals surface area contributed by atoms with Crippen LogP contribution in [0.5, 0.6) is 0 Å². The number of carbonyl (C=O) groups excluding carboxylic acids is 1. The van der Waals surface area contributed by atoms with Crippen LogP contribution in [0, 0.1) is 17.8 Å². The van der Waals surface area contributed by atoms with E-state index in [9.17, 15) is 4.79 Å². The van der Waals surface area contributed by atoms with Crippen LogP contribution in [-0.4, -0.2) is 35.4 Å². The number of carbonyl (C=O) groups is 1. The van der Waals surface area contributed by atoms with Gasteiger partial charge < -0.3 is 15.8 Å². The smallest absolute Gasteiger partial charge is 0.230 e. The first-order valence-corrected chi connectivity index (χ1v) is 6.30. The Hall–Kier alpha value is -1.26. The van der Waals surface area contributed by atoms with E-state index in [1.165, 1.54) is 25.7 Å². The minimum Gasteiger partial charge on any atom is -0.409 e. The molecule has 0 aromatic rings. The fraction of sp³-hybridized carbons (Fsp3) is 0.833. The molecule has 0 aliphatic heterocycles. The lowest BCUT2D eigenvalue weighted by atomic mass is 9.88. The van der Waals surface area contributed by atoms with Crippen LogP contribution >= 0.6 is 0 Å². The van der Waals surface area contributed by atoms with Crippen LogP contribution in [-0.2, 0) is 4.79 Å². The highest BCUT2D eigenvalue weighted by atomic mass is 16.4. The van der Waals surface area contributed by atoms with Crippen molar-refractivity contribution in [2.45, 2.75) is 32.1 Å². The lowest BCUT2D eigenvalue weighted by Crippen LogP contribution is -2.35. The molecule has 3 N–H and O–H groups in total. The number of nitrogens with zero attached hydrogens (tertiary/aromatic N) is 2. The third kappa shape index (κ3) is 2.70.